The van der Waals surface area contributed by atoms with Crippen molar-refractivity contribution in [1.29, 1.82) is 5.26 Å². The number of nitrogens with zero attached hydrogens (tertiary/aromatic N) is 1. The Bertz CT molecular complexity index is 287. The molecule has 3 rings (SSSR count). The van der Waals surface area contributed by atoms with E-state index in [0.29, 0.717) is 6.04 Å². The Labute approximate surface area is 105 Å². The molecule has 0 heterocycles. The van der Waals surface area contributed by atoms with Gasteiger partial charge in [-0.3, -0.25) is 0 Å². The predicted octanol–water partition coefficient (Wildman–Crippen LogP) is 3.24. The maximum Gasteiger partial charge on any atom is 0.0672 e. The molecule has 1 N–H and O–H groups in total. The van der Waals surface area contributed by atoms with Crippen LogP contribution in [0.15, 0.2) is 0 Å². The van der Waals surface area contributed by atoms with Crippen molar-refractivity contribution < 1.29 is 0 Å². The van der Waals surface area contributed by atoms with Crippen LogP contribution in [0, 0.1) is 29.1 Å². The molecular weight excluding hydrogens is 208 g/mol. The van der Waals surface area contributed by atoms with Crippen molar-refractivity contribution in [1.82, 2.24) is 5.32 Å². The Morgan fingerprint density at radius 1 is 0.882 bits per heavy atom. The van der Waals surface area contributed by atoms with E-state index in [4.69, 9.17) is 0 Å². The first kappa shape index (κ1) is 11.5. The molecule has 0 aromatic heterocycles. The molecule has 0 radical (unpaired) electrons. The molecule has 0 aliphatic heterocycles. The minimum atomic E-state index is 0.275. The van der Waals surface area contributed by atoms with E-state index >= 15 is 0 Å². The van der Waals surface area contributed by atoms with Gasteiger partial charge in [0.05, 0.1) is 12.0 Å². The summed E-state index contributed by atoms with van der Waals surface area (Å²) in [5, 5.41) is 13.2. The third-order valence-corrected chi connectivity index (χ3v) is 4.85. The molecule has 3 fully saturated rings. The number of hydrogen-bond acceptors (Lipinski definition) is 2. The van der Waals surface area contributed by atoms with Crippen molar-refractivity contribution in [2.24, 2.45) is 17.8 Å². The van der Waals surface area contributed by atoms with E-state index in [0.717, 1.165) is 24.3 Å². The molecule has 0 amide bonds. The lowest BCUT2D eigenvalue weighted by Crippen LogP contribution is -2.44. The third-order valence-electron chi connectivity index (χ3n) is 4.85. The molecule has 3 aliphatic rings. The minimum absolute atomic E-state index is 0.275. The normalized spacial score (nSPS) is 34.4. The molecule has 0 aromatic carbocycles. The van der Waals surface area contributed by atoms with Crippen LogP contribution >= 0.6 is 0 Å². The molecule has 2 heteroatoms. The molecule has 0 bridgehead atoms. The van der Waals surface area contributed by atoms with E-state index < -0.39 is 0 Å². The molecule has 3 saturated carbocycles. The van der Waals surface area contributed by atoms with E-state index in [2.05, 4.69) is 11.4 Å². The first-order valence-corrected chi connectivity index (χ1v) is 7.54. The summed E-state index contributed by atoms with van der Waals surface area (Å²) in [5.41, 5.74) is 0. The quantitative estimate of drug-likeness (QED) is 0.755. The predicted molar refractivity (Wildman–Crippen MR) is 68.3 cm³/mol. The van der Waals surface area contributed by atoms with Crippen LogP contribution in [0.25, 0.3) is 0 Å². The second kappa shape index (κ2) is 4.98. The Balaban J connectivity index is 1.62. The van der Waals surface area contributed by atoms with Crippen molar-refractivity contribution in [2.75, 3.05) is 0 Å². The largest absolute Gasteiger partial charge is 0.309 e. The molecule has 0 spiro atoms. The first-order valence-electron chi connectivity index (χ1n) is 7.54. The van der Waals surface area contributed by atoms with Gasteiger partial charge in [-0.1, -0.05) is 19.3 Å². The van der Waals surface area contributed by atoms with Crippen molar-refractivity contribution in [3.63, 3.8) is 0 Å². The molecule has 2 atom stereocenters. The SMILES string of the molecule is N#CC1CCCCCC1NC(C1CC1)C1CC1. The standard InChI is InChI=1S/C15H24N2/c16-10-13-4-2-1-3-5-14(13)17-15(11-6-7-11)12-8-9-12/h11-15,17H,1-9H2. The summed E-state index contributed by atoms with van der Waals surface area (Å²) in [7, 11) is 0. The maximum absolute atomic E-state index is 9.32. The van der Waals surface area contributed by atoms with E-state index in [1.807, 2.05) is 0 Å². The highest BCUT2D eigenvalue weighted by atomic mass is 15.0. The van der Waals surface area contributed by atoms with Crippen LogP contribution in [0.1, 0.15) is 57.8 Å². The smallest absolute Gasteiger partial charge is 0.0672 e. The van der Waals surface area contributed by atoms with Crippen molar-refractivity contribution in [3.8, 4) is 6.07 Å². The van der Waals surface area contributed by atoms with Gasteiger partial charge in [0, 0.05) is 12.1 Å². The maximum atomic E-state index is 9.32. The summed E-state index contributed by atoms with van der Waals surface area (Å²) in [5.74, 6) is 2.17. The van der Waals surface area contributed by atoms with Gasteiger partial charge in [0.2, 0.25) is 0 Å². The Kier molecular flexibility index (Phi) is 3.38. The van der Waals surface area contributed by atoms with Crippen molar-refractivity contribution in [2.45, 2.75) is 69.9 Å². The van der Waals surface area contributed by atoms with Gasteiger partial charge < -0.3 is 5.32 Å². The zero-order valence-corrected chi connectivity index (χ0v) is 10.7. The molecule has 17 heavy (non-hydrogen) atoms. The molecular formula is C15H24N2. The Hall–Kier alpha value is -0.550. The van der Waals surface area contributed by atoms with Crippen LogP contribution in [-0.2, 0) is 0 Å². The summed E-state index contributed by atoms with van der Waals surface area (Å²) < 4.78 is 0. The number of rotatable bonds is 4. The van der Waals surface area contributed by atoms with Gasteiger partial charge in [-0.25, -0.2) is 0 Å². The minimum Gasteiger partial charge on any atom is -0.309 e. The summed E-state index contributed by atoms with van der Waals surface area (Å²) in [4.78, 5) is 0. The highest BCUT2D eigenvalue weighted by Gasteiger charge is 2.42. The van der Waals surface area contributed by atoms with E-state index in [1.165, 1.54) is 51.4 Å². The van der Waals surface area contributed by atoms with Gasteiger partial charge in [-0.2, -0.15) is 5.26 Å². The summed E-state index contributed by atoms with van der Waals surface area (Å²) in [6.07, 6.45) is 12.0. The molecule has 2 unspecified atom stereocenters. The fraction of sp³-hybridized carbons (Fsp3) is 0.933. The van der Waals surface area contributed by atoms with Gasteiger partial charge in [-0.15, -0.1) is 0 Å². The average Bonchev–Trinajstić information content (AvgIpc) is 3.21. The lowest BCUT2D eigenvalue weighted by atomic mass is 9.94. The van der Waals surface area contributed by atoms with Crippen LogP contribution < -0.4 is 5.32 Å². The fourth-order valence-electron chi connectivity index (χ4n) is 3.48. The Morgan fingerprint density at radius 2 is 1.53 bits per heavy atom. The summed E-state index contributed by atoms with van der Waals surface area (Å²) in [6.45, 7) is 0. The lowest BCUT2D eigenvalue weighted by molar-refractivity contribution is 0.307. The topological polar surface area (TPSA) is 35.8 Å². The molecule has 94 valence electrons. The zero-order valence-electron chi connectivity index (χ0n) is 10.7. The second-order valence-electron chi connectivity index (χ2n) is 6.35. The Morgan fingerprint density at radius 3 is 2.12 bits per heavy atom. The molecule has 2 nitrogen and oxygen atoms in total. The average molecular weight is 232 g/mol. The summed E-state index contributed by atoms with van der Waals surface area (Å²) >= 11 is 0. The zero-order chi connectivity index (χ0) is 11.7. The van der Waals surface area contributed by atoms with Gasteiger partial charge >= 0.3 is 0 Å². The van der Waals surface area contributed by atoms with E-state index in [1.54, 1.807) is 0 Å². The van der Waals surface area contributed by atoms with Gasteiger partial charge in [0.1, 0.15) is 0 Å². The van der Waals surface area contributed by atoms with Gasteiger partial charge in [-0.05, 0) is 50.4 Å². The van der Waals surface area contributed by atoms with Crippen LogP contribution in [0.3, 0.4) is 0 Å². The van der Waals surface area contributed by atoms with E-state index in [-0.39, 0.29) is 5.92 Å². The van der Waals surface area contributed by atoms with Gasteiger partial charge in [0.15, 0.2) is 0 Å². The van der Waals surface area contributed by atoms with Gasteiger partial charge in [0.25, 0.3) is 0 Å². The van der Waals surface area contributed by atoms with Crippen molar-refractivity contribution in [3.05, 3.63) is 0 Å². The van der Waals surface area contributed by atoms with Crippen LogP contribution in [0.4, 0.5) is 0 Å². The lowest BCUT2D eigenvalue weighted by Gasteiger charge is -2.27. The number of hydrogen-bond donors (Lipinski definition) is 1. The molecule has 3 aliphatic carbocycles. The highest BCUT2D eigenvalue weighted by Crippen LogP contribution is 2.45. The number of nitriles is 1. The third kappa shape index (κ3) is 2.83. The van der Waals surface area contributed by atoms with Crippen molar-refractivity contribution >= 4 is 0 Å². The number of nitrogens with one attached hydrogen (secondary N) is 1. The fourth-order valence-corrected chi connectivity index (χ4v) is 3.48. The summed E-state index contributed by atoms with van der Waals surface area (Å²) in [6, 6.07) is 3.81. The van der Waals surface area contributed by atoms with Crippen LogP contribution in [0.5, 0.6) is 0 Å². The highest BCUT2D eigenvalue weighted by molar-refractivity contribution is 5.01. The second-order valence-corrected chi connectivity index (χ2v) is 6.35. The first-order chi connectivity index (χ1) is 8.38. The van der Waals surface area contributed by atoms with E-state index in [9.17, 15) is 5.26 Å². The van der Waals surface area contributed by atoms with Crippen LogP contribution in [0.2, 0.25) is 0 Å². The monoisotopic (exact) mass is 232 g/mol. The molecule has 0 aromatic rings. The molecule has 0 saturated heterocycles. The van der Waals surface area contributed by atoms with Crippen LogP contribution in [-0.4, -0.2) is 12.1 Å².